The van der Waals surface area contributed by atoms with Crippen LogP contribution in [0.1, 0.15) is 20.7 Å². The SMILES string of the molecule is C=CC(=O)c1cc(NC)ccc1C=O. The number of ketones is 1. The normalized spacial score (nSPS) is 9.21. The van der Waals surface area contributed by atoms with Gasteiger partial charge in [0.15, 0.2) is 12.1 Å². The molecule has 0 saturated heterocycles. The molecule has 0 aliphatic carbocycles. The zero-order chi connectivity index (χ0) is 10.6. The minimum absolute atomic E-state index is 0.246. The molecule has 0 aliphatic heterocycles. The lowest BCUT2D eigenvalue weighted by molar-refractivity contribution is 0.103. The number of benzene rings is 1. The molecule has 0 bridgehead atoms. The Morgan fingerprint density at radius 3 is 2.71 bits per heavy atom. The highest BCUT2D eigenvalue weighted by Gasteiger charge is 2.08. The van der Waals surface area contributed by atoms with E-state index in [-0.39, 0.29) is 5.78 Å². The molecule has 1 aromatic carbocycles. The molecule has 0 fully saturated rings. The van der Waals surface area contributed by atoms with Crippen LogP contribution in [-0.2, 0) is 0 Å². The number of allylic oxidation sites excluding steroid dienone is 1. The summed E-state index contributed by atoms with van der Waals surface area (Å²) in [7, 11) is 1.75. The number of carbonyl (C=O) groups is 2. The van der Waals surface area contributed by atoms with E-state index < -0.39 is 0 Å². The fourth-order valence-corrected chi connectivity index (χ4v) is 1.14. The molecule has 0 atom stereocenters. The summed E-state index contributed by atoms with van der Waals surface area (Å²) < 4.78 is 0. The molecule has 0 aliphatic rings. The van der Waals surface area contributed by atoms with Crippen LogP contribution in [-0.4, -0.2) is 19.1 Å². The van der Waals surface area contributed by atoms with E-state index in [1.54, 1.807) is 25.2 Å². The first-order valence-corrected chi connectivity index (χ1v) is 4.16. The Balaban J connectivity index is 3.27. The maximum atomic E-state index is 11.4. The lowest BCUT2D eigenvalue weighted by Gasteiger charge is -2.04. The molecule has 1 N–H and O–H groups in total. The Morgan fingerprint density at radius 1 is 1.50 bits per heavy atom. The van der Waals surface area contributed by atoms with Crippen LogP contribution < -0.4 is 5.32 Å². The first kappa shape index (κ1) is 10.2. The van der Waals surface area contributed by atoms with E-state index in [4.69, 9.17) is 0 Å². The second kappa shape index (κ2) is 4.37. The summed E-state index contributed by atoms with van der Waals surface area (Å²) in [5, 5.41) is 2.90. The van der Waals surface area contributed by atoms with Crippen molar-refractivity contribution in [3.05, 3.63) is 42.0 Å². The molecule has 1 aromatic rings. The number of hydrogen-bond acceptors (Lipinski definition) is 3. The summed E-state index contributed by atoms with van der Waals surface area (Å²) in [5.41, 5.74) is 1.55. The molecule has 0 spiro atoms. The van der Waals surface area contributed by atoms with E-state index in [0.29, 0.717) is 17.4 Å². The average Bonchev–Trinajstić information content (AvgIpc) is 2.27. The average molecular weight is 189 g/mol. The molecule has 3 nitrogen and oxygen atoms in total. The van der Waals surface area contributed by atoms with Gasteiger partial charge >= 0.3 is 0 Å². The second-order valence-electron chi connectivity index (χ2n) is 2.74. The third-order valence-electron chi connectivity index (χ3n) is 1.92. The largest absolute Gasteiger partial charge is 0.388 e. The molecule has 0 heterocycles. The van der Waals surface area contributed by atoms with E-state index in [1.807, 2.05) is 0 Å². The van der Waals surface area contributed by atoms with E-state index >= 15 is 0 Å². The van der Waals surface area contributed by atoms with Gasteiger partial charge in [-0.05, 0) is 24.3 Å². The summed E-state index contributed by atoms with van der Waals surface area (Å²) in [4.78, 5) is 22.0. The van der Waals surface area contributed by atoms with Crippen molar-refractivity contribution < 1.29 is 9.59 Å². The van der Waals surface area contributed by atoms with Crippen molar-refractivity contribution in [3.8, 4) is 0 Å². The molecular weight excluding hydrogens is 178 g/mol. The molecule has 0 amide bonds. The van der Waals surface area contributed by atoms with Crippen molar-refractivity contribution in [2.75, 3.05) is 12.4 Å². The number of aldehydes is 1. The van der Waals surface area contributed by atoms with Crippen LogP contribution in [0.25, 0.3) is 0 Å². The van der Waals surface area contributed by atoms with Gasteiger partial charge in [0.2, 0.25) is 0 Å². The lowest BCUT2D eigenvalue weighted by atomic mass is 10.0. The zero-order valence-corrected chi connectivity index (χ0v) is 7.91. The second-order valence-corrected chi connectivity index (χ2v) is 2.74. The van der Waals surface area contributed by atoms with Crippen molar-refractivity contribution in [1.82, 2.24) is 0 Å². The van der Waals surface area contributed by atoms with Crippen LogP contribution in [0.2, 0.25) is 0 Å². The monoisotopic (exact) mass is 189 g/mol. The number of nitrogens with one attached hydrogen (secondary N) is 1. The highest BCUT2D eigenvalue weighted by Crippen LogP contribution is 2.15. The van der Waals surface area contributed by atoms with E-state index in [2.05, 4.69) is 11.9 Å². The van der Waals surface area contributed by atoms with Crippen LogP contribution in [0.3, 0.4) is 0 Å². The Morgan fingerprint density at radius 2 is 2.21 bits per heavy atom. The topological polar surface area (TPSA) is 46.2 Å². The van der Waals surface area contributed by atoms with E-state index in [0.717, 1.165) is 5.69 Å². The van der Waals surface area contributed by atoms with Crippen LogP contribution in [0.4, 0.5) is 5.69 Å². The Labute approximate surface area is 82.4 Å². The molecule has 0 unspecified atom stereocenters. The molecule has 1 rings (SSSR count). The van der Waals surface area contributed by atoms with Crippen LogP contribution in [0, 0.1) is 0 Å². The molecule has 0 saturated carbocycles. The highest BCUT2D eigenvalue weighted by molar-refractivity contribution is 6.09. The predicted molar refractivity (Wildman–Crippen MR) is 55.9 cm³/mol. The molecule has 14 heavy (non-hydrogen) atoms. The molecule has 3 heteroatoms. The predicted octanol–water partition coefficient (Wildman–Crippen LogP) is 1.91. The highest BCUT2D eigenvalue weighted by atomic mass is 16.1. The maximum absolute atomic E-state index is 11.4. The van der Waals surface area contributed by atoms with E-state index in [9.17, 15) is 9.59 Å². The lowest BCUT2D eigenvalue weighted by Crippen LogP contribution is -2.01. The summed E-state index contributed by atoms with van der Waals surface area (Å²) in [6, 6.07) is 4.98. The molecule has 0 radical (unpaired) electrons. The summed E-state index contributed by atoms with van der Waals surface area (Å²) in [6.07, 6.45) is 1.86. The first-order valence-electron chi connectivity index (χ1n) is 4.16. The minimum atomic E-state index is -0.246. The fraction of sp³-hybridized carbons (Fsp3) is 0.0909. The van der Waals surface area contributed by atoms with Crippen LogP contribution in [0.15, 0.2) is 30.9 Å². The molecule has 0 aromatic heterocycles. The smallest absolute Gasteiger partial charge is 0.186 e. The number of hydrogen-bond donors (Lipinski definition) is 1. The van der Waals surface area contributed by atoms with Gasteiger partial charge in [0.1, 0.15) is 0 Å². The van der Waals surface area contributed by atoms with Gasteiger partial charge in [0.05, 0.1) is 0 Å². The first-order chi connectivity index (χ1) is 6.72. The van der Waals surface area contributed by atoms with Crippen molar-refractivity contribution >= 4 is 17.8 Å². The zero-order valence-electron chi connectivity index (χ0n) is 7.91. The van der Waals surface area contributed by atoms with E-state index in [1.165, 1.54) is 6.08 Å². The summed E-state index contributed by atoms with van der Waals surface area (Å²) >= 11 is 0. The number of carbonyl (C=O) groups excluding carboxylic acids is 2. The van der Waals surface area contributed by atoms with Gasteiger partial charge in [-0.3, -0.25) is 9.59 Å². The summed E-state index contributed by atoms with van der Waals surface area (Å²) in [6.45, 7) is 3.38. The van der Waals surface area contributed by atoms with Gasteiger partial charge in [-0.2, -0.15) is 0 Å². The summed E-state index contributed by atoms with van der Waals surface area (Å²) in [5.74, 6) is -0.246. The van der Waals surface area contributed by atoms with Crippen molar-refractivity contribution in [1.29, 1.82) is 0 Å². The van der Waals surface area contributed by atoms with Crippen molar-refractivity contribution in [3.63, 3.8) is 0 Å². The molecule has 72 valence electrons. The van der Waals surface area contributed by atoms with Gasteiger partial charge in [0.25, 0.3) is 0 Å². The fourth-order valence-electron chi connectivity index (χ4n) is 1.14. The third-order valence-corrected chi connectivity index (χ3v) is 1.92. The van der Waals surface area contributed by atoms with Gasteiger partial charge in [-0.25, -0.2) is 0 Å². The number of anilines is 1. The van der Waals surface area contributed by atoms with Gasteiger partial charge in [-0.15, -0.1) is 0 Å². The Kier molecular flexibility index (Phi) is 3.18. The number of rotatable bonds is 4. The van der Waals surface area contributed by atoms with Gasteiger partial charge in [0, 0.05) is 23.9 Å². The van der Waals surface area contributed by atoms with Gasteiger partial charge in [-0.1, -0.05) is 6.58 Å². The van der Waals surface area contributed by atoms with Crippen LogP contribution >= 0.6 is 0 Å². The third kappa shape index (κ3) is 1.88. The molecular formula is C11H11NO2. The Hall–Kier alpha value is -1.90. The van der Waals surface area contributed by atoms with Crippen LogP contribution in [0.5, 0.6) is 0 Å². The minimum Gasteiger partial charge on any atom is -0.388 e. The quantitative estimate of drug-likeness (QED) is 0.447. The Bertz CT molecular complexity index is 383. The van der Waals surface area contributed by atoms with Gasteiger partial charge < -0.3 is 5.32 Å². The standard InChI is InChI=1S/C11H11NO2/c1-3-11(14)10-6-9(12-2)5-4-8(10)7-13/h3-7,12H,1H2,2H3. The maximum Gasteiger partial charge on any atom is 0.186 e. The van der Waals surface area contributed by atoms with Crippen molar-refractivity contribution in [2.45, 2.75) is 0 Å². The van der Waals surface area contributed by atoms with Crippen molar-refractivity contribution in [2.24, 2.45) is 0 Å².